The Kier molecular flexibility index (Phi) is 4.78. The zero-order chi connectivity index (χ0) is 17.3. The molecule has 1 aliphatic heterocycles. The number of hydrogen-bond donors (Lipinski definition) is 0. The number of aryl methyl sites for hydroxylation is 1. The van der Waals surface area contributed by atoms with E-state index in [1.807, 2.05) is 0 Å². The summed E-state index contributed by atoms with van der Waals surface area (Å²) >= 11 is 5.96. The second-order valence-corrected chi connectivity index (χ2v) is 8.28. The van der Waals surface area contributed by atoms with E-state index in [2.05, 4.69) is 87.2 Å². The summed E-state index contributed by atoms with van der Waals surface area (Å²) in [5, 5.41) is 0. The zero-order valence-corrected chi connectivity index (χ0v) is 15.9. The van der Waals surface area contributed by atoms with Crippen molar-refractivity contribution in [3.63, 3.8) is 0 Å². The average molecular weight is 338 g/mol. The summed E-state index contributed by atoms with van der Waals surface area (Å²) < 4.78 is 0. The van der Waals surface area contributed by atoms with Crippen LogP contribution in [-0.4, -0.2) is 9.89 Å². The predicted molar refractivity (Wildman–Crippen MR) is 106 cm³/mol. The summed E-state index contributed by atoms with van der Waals surface area (Å²) in [5.41, 5.74) is 4.07. The van der Waals surface area contributed by atoms with E-state index in [4.69, 9.17) is 12.2 Å². The van der Waals surface area contributed by atoms with Gasteiger partial charge < -0.3 is 4.90 Å². The summed E-state index contributed by atoms with van der Waals surface area (Å²) in [5.74, 6) is 0. The van der Waals surface area contributed by atoms with E-state index in [-0.39, 0.29) is 5.41 Å². The highest BCUT2D eigenvalue weighted by molar-refractivity contribution is 7.80. The summed E-state index contributed by atoms with van der Waals surface area (Å²) in [6.07, 6.45) is 2.30. The van der Waals surface area contributed by atoms with Gasteiger partial charge in [0.05, 0.1) is 17.1 Å². The second kappa shape index (κ2) is 6.68. The Morgan fingerprint density at radius 2 is 1.50 bits per heavy atom. The number of rotatable bonds is 2. The molecule has 2 atom stereocenters. The van der Waals surface area contributed by atoms with Crippen LogP contribution in [0.4, 0.5) is 0 Å². The van der Waals surface area contributed by atoms with Crippen molar-refractivity contribution >= 4 is 17.2 Å². The van der Waals surface area contributed by atoms with Gasteiger partial charge in [-0.1, -0.05) is 93.1 Å². The SMILES string of the molecule is Cc1cccc(C2CCC(c3ccccc3)N2C(=S)C(C)(C)C)c1. The van der Waals surface area contributed by atoms with Crippen LogP contribution in [0.2, 0.25) is 0 Å². The van der Waals surface area contributed by atoms with Crippen LogP contribution in [0.5, 0.6) is 0 Å². The first kappa shape index (κ1) is 17.2. The van der Waals surface area contributed by atoms with Crippen molar-refractivity contribution < 1.29 is 0 Å². The monoisotopic (exact) mass is 337 g/mol. The summed E-state index contributed by atoms with van der Waals surface area (Å²) in [6, 6.07) is 20.5. The molecule has 1 fully saturated rings. The molecule has 2 aromatic rings. The van der Waals surface area contributed by atoms with Gasteiger partial charge in [-0.15, -0.1) is 0 Å². The predicted octanol–water partition coefficient (Wildman–Crippen LogP) is 6.25. The minimum absolute atomic E-state index is 0.00518. The van der Waals surface area contributed by atoms with Crippen LogP contribution in [0.3, 0.4) is 0 Å². The highest BCUT2D eigenvalue weighted by Gasteiger charge is 2.39. The molecular weight excluding hydrogens is 310 g/mol. The molecule has 2 aromatic carbocycles. The van der Waals surface area contributed by atoms with Gasteiger partial charge in [-0.25, -0.2) is 0 Å². The molecule has 0 bridgehead atoms. The van der Waals surface area contributed by atoms with E-state index < -0.39 is 0 Å². The Hall–Kier alpha value is -1.67. The Morgan fingerprint density at radius 1 is 0.917 bits per heavy atom. The lowest BCUT2D eigenvalue weighted by molar-refractivity contribution is 0.298. The lowest BCUT2D eigenvalue weighted by Crippen LogP contribution is -2.39. The Labute approximate surface area is 151 Å². The molecule has 1 saturated heterocycles. The first-order valence-corrected chi connectivity index (χ1v) is 9.23. The van der Waals surface area contributed by atoms with E-state index in [1.165, 1.54) is 16.7 Å². The smallest absolute Gasteiger partial charge is 0.0843 e. The number of hydrogen-bond acceptors (Lipinski definition) is 1. The highest BCUT2D eigenvalue weighted by Crippen LogP contribution is 2.46. The average Bonchev–Trinajstić information content (AvgIpc) is 2.98. The molecule has 0 aromatic heterocycles. The van der Waals surface area contributed by atoms with Gasteiger partial charge >= 0.3 is 0 Å². The quantitative estimate of drug-likeness (QED) is 0.596. The number of benzene rings is 2. The molecule has 2 heteroatoms. The summed E-state index contributed by atoms with van der Waals surface area (Å²) in [7, 11) is 0. The van der Waals surface area contributed by atoms with Gasteiger partial charge in [-0.2, -0.15) is 0 Å². The minimum Gasteiger partial charge on any atom is -0.352 e. The van der Waals surface area contributed by atoms with Crippen LogP contribution >= 0.6 is 12.2 Å². The van der Waals surface area contributed by atoms with Gasteiger partial charge in [-0.05, 0) is 30.9 Å². The first-order valence-electron chi connectivity index (χ1n) is 8.82. The molecule has 0 radical (unpaired) electrons. The zero-order valence-electron chi connectivity index (χ0n) is 15.1. The van der Waals surface area contributed by atoms with Crippen LogP contribution in [0.1, 0.15) is 62.4 Å². The fourth-order valence-electron chi connectivity index (χ4n) is 3.69. The normalized spacial score (nSPS) is 21.1. The first-order chi connectivity index (χ1) is 11.4. The molecule has 24 heavy (non-hydrogen) atoms. The Balaban J connectivity index is 2.02. The van der Waals surface area contributed by atoms with Crippen molar-refractivity contribution in [2.75, 3.05) is 0 Å². The maximum atomic E-state index is 5.96. The van der Waals surface area contributed by atoms with E-state index in [0.717, 1.165) is 17.8 Å². The Bertz CT molecular complexity index is 714. The fraction of sp³-hybridized carbons (Fsp3) is 0.409. The van der Waals surface area contributed by atoms with Crippen LogP contribution in [0, 0.1) is 12.3 Å². The third-order valence-corrected chi connectivity index (χ3v) is 5.70. The van der Waals surface area contributed by atoms with E-state index >= 15 is 0 Å². The molecule has 126 valence electrons. The third kappa shape index (κ3) is 3.39. The lowest BCUT2D eigenvalue weighted by Gasteiger charge is -2.38. The highest BCUT2D eigenvalue weighted by atomic mass is 32.1. The molecule has 2 unspecified atom stereocenters. The Morgan fingerprint density at radius 3 is 2.08 bits per heavy atom. The van der Waals surface area contributed by atoms with Crippen LogP contribution < -0.4 is 0 Å². The third-order valence-electron chi connectivity index (χ3n) is 4.87. The molecule has 0 saturated carbocycles. The van der Waals surface area contributed by atoms with Crippen LogP contribution in [0.15, 0.2) is 54.6 Å². The standard InChI is InChI=1S/C22H27NS/c1-16-9-8-12-18(15-16)20-14-13-19(17-10-6-5-7-11-17)23(20)21(24)22(2,3)4/h5-12,15,19-20H,13-14H2,1-4H3. The van der Waals surface area contributed by atoms with Crippen molar-refractivity contribution in [3.05, 3.63) is 71.3 Å². The molecule has 0 spiro atoms. The van der Waals surface area contributed by atoms with E-state index in [1.54, 1.807) is 0 Å². The van der Waals surface area contributed by atoms with Crippen molar-refractivity contribution in [1.82, 2.24) is 4.90 Å². The topological polar surface area (TPSA) is 3.24 Å². The molecule has 0 aliphatic carbocycles. The number of nitrogens with zero attached hydrogens (tertiary/aromatic N) is 1. The molecule has 0 N–H and O–H groups in total. The van der Waals surface area contributed by atoms with Gasteiger partial charge in [0.15, 0.2) is 0 Å². The molecule has 1 aliphatic rings. The molecule has 1 nitrogen and oxygen atoms in total. The minimum atomic E-state index is -0.00518. The van der Waals surface area contributed by atoms with Crippen molar-refractivity contribution in [1.29, 1.82) is 0 Å². The fourth-order valence-corrected chi connectivity index (χ4v) is 3.94. The van der Waals surface area contributed by atoms with Gasteiger partial charge in [-0.3, -0.25) is 0 Å². The van der Waals surface area contributed by atoms with E-state index in [9.17, 15) is 0 Å². The largest absolute Gasteiger partial charge is 0.352 e. The van der Waals surface area contributed by atoms with Crippen LogP contribution in [-0.2, 0) is 0 Å². The maximum absolute atomic E-state index is 5.96. The lowest BCUT2D eigenvalue weighted by atomic mass is 9.93. The van der Waals surface area contributed by atoms with Crippen molar-refractivity contribution in [3.8, 4) is 0 Å². The van der Waals surface area contributed by atoms with Gasteiger partial charge in [0.2, 0.25) is 0 Å². The molecule has 0 amide bonds. The summed E-state index contributed by atoms with van der Waals surface area (Å²) in [4.78, 5) is 3.58. The number of thiocarbonyl (C=S) groups is 1. The molecule has 1 heterocycles. The van der Waals surface area contributed by atoms with Crippen LogP contribution in [0.25, 0.3) is 0 Å². The van der Waals surface area contributed by atoms with Crippen molar-refractivity contribution in [2.24, 2.45) is 5.41 Å². The van der Waals surface area contributed by atoms with E-state index in [0.29, 0.717) is 12.1 Å². The van der Waals surface area contributed by atoms with Gasteiger partial charge in [0, 0.05) is 5.41 Å². The van der Waals surface area contributed by atoms with Crippen molar-refractivity contribution in [2.45, 2.75) is 52.6 Å². The van der Waals surface area contributed by atoms with Gasteiger partial charge in [0.25, 0.3) is 0 Å². The van der Waals surface area contributed by atoms with Gasteiger partial charge in [0.1, 0.15) is 0 Å². The molecule has 3 rings (SSSR count). The molecular formula is C22H27NS. The second-order valence-electron chi connectivity index (χ2n) is 7.90. The maximum Gasteiger partial charge on any atom is 0.0843 e. The summed E-state index contributed by atoms with van der Waals surface area (Å²) in [6.45, 7) is 8.84. The number of likely N-dealkylation sites (tertiary alicyclic amines) is 1.